The van der Waals surface area contributed by atoms with Crippen molar-refractivity contribution in [2.75, 3.05) is 5.32 Å². The average Bonchev–Trinajstić information content (AvgIpc) is 2.70. The third-order valence-electron chi connectivity index (χ3n) is 2.10. The third kappa shape index (κ3) is 2.65. The van der Waals surface area contributed by atoms with Crippen LogP contribution < -0.4 is 5.32 Å². The fraction of sp³-hybridized carbons (Fsp3) is 0.100. The summed E-state index contributed by atoms with van der Waals surface area (Å²) in [5.41, 5.74) is 1.03. The number of hydrogen-bond acceptors (Lipinski definition) is 3. The first-order valence-electron chi connectivity index (χ1n) is 4.66. The molecule has 0 atom stereocenters. The van der Waals surface area contributed by atoms with Gasteiger partial charge in [-0.2, -0.15) is 0 Å². The van der Waals surface area contributed by atoms with Crippen molar-refractivity contribution in [3.8, 4) is 0 Å². The van der Waals surface area contributed by atoms with E-state index in [2.05, 4.69) is 31.2 Å². The molecule has 0 aliphatic heterocycles. The van der Waals surface area contributed by atoms with Gasteiger partial charge in [0.25, 0.3) is 5.91 Å². The second kappa shape index (κ2) is 4.85. The van der Waals surface area contributed by atoms with Gasteiger partial charge < -0.3 is 9.88 Å². The summed E-state index contributed by atoms with van der Waals surface area (Å²) in [5.74, 6) is -0.249. The molecule has 1 N–H and O–H groups in total. The monoisotopic (exact) mass is 314 g/mol. The first-order valence-corrected chi connectivity index (χ1v) is 5.83. The van der Waals surface area contributed by atoms with Crippen molar-refractivity contribution in [2.24, 2.45) is 7.05 Å². The molecular formula is C10H8BrClN4O. The van der Waals surface area contributed by atoms with Gasteiger partial charge in [0.15, 0.2) is 0 Å². The van der Waals surface area contributed by atoms with Crippen LogP contribution in [0.1, 0.15) is 10.5 Å². The minimum Gasteiger partial charge on any atom is -0.330 e. The lowest BCUT2D eigenvalue weighted by Crippen LogP contribution is -2.15. The predicted octanol–water partition coefficient (Wildman–Crippen LogP) is 2.48. The first-order chi connectivity index (χ1) is 8.08. The zero-order valence-corrected chi connectivity index (χ0v) is 11.2. The van der Waals surface area contributed by atoms with E-state index in [1.54, 1.807) is 24.0 Å². The van der Waals surface area contributed by atoms with Crippen LogP contribution in [-0.4, -0.2) is 20.4 Å². The molecule has 0 fully saturated rings. The Balaban J connectivity index is 2.19. The van der Waals surface area contributed by atoms with Crippen molar-refractivity contribution < 1.29 is 4.79 Å². The summed E-state index contributed by atoms with van der Waals surface area (Å²) in [6.07, 6.45) is 4.54. The molecule has 2 heterocycles. The molecule has 5 nitrogen and oxygen atoms in total. The number of imidazole rings is 1. The highest BCUT2D eigenvalue weighted by Gasteiger charge is 2.10. The van der Waals surface area contributed by atoms with E-state index in [1.165, 1.54) is 12.4 Å². The smallest absolute Gasteiger partial charge is 0.273 e. The molecule has 0 radical (unpaired) electrons. The van der Waals surface area contributed by atoms with Crippen LogP contribution in [0.25, 0.3) is 0 Å². The molecule has 0 unspecified atom stereocenters. The highest BCUT2D eigenvalue weighted by atomic mass is 79.9. The standard InChI is InChI=1S/C10H8BrClN4O/c1-16-5-13-4-8(16)10(17)15-6-2-7(11)9(12)14-3-6/h2-5H,1H3,(H,15,17). The fourth-order valence-electron chi connectivity index (χ4n) is 1.26. The number of carbonyl (C=O) groups is 1. The molecule has 2 rings (SSSR count). The summed E-state index contributed by atoms with van der Waals surface area (Å²) < 4.78 is 2.26. The van der Waals surface area contributed by atoms with Crippen molar-refractivity contribution in [2.45, 2.75) is 0 Å². The van der Waals surface area contributed by atoms with Crippen LogP contribution in [0.15, 0.2) is 29.3 Å². The van der Waals surface area contributed by atoms with E-state index in [0.29, 0.717) is 21.0 Å². The van der Waals surface area contributed by atoms with Crippen molar-refractivity contribution in [3.05, 3.63) is 40.1 Å². The Bertz CT molecular complexity index is 569. The molecule has 0 bridgehead atoms. The van der Waals surface area contributed by atoms with Crippen LogP contribution in [0.4, 0.5) is 5.69 Å². The van der Waals surface area contributed by atoms with Crippen LogP contribution in [0.5, 0.6) is 0 Å². The molecule has 7 heteroatoms. The van der Waals surface area contributed by atoms with E-state index in [1.807, 2.05) is 0 Å². The Morgan fingerprint density at radius 3 is 2.88 bits per heavy atom. The molecule has 1 amide bonds. The van der Waals surface area contributed by atoms with Crippen molar-refractivity contribution >= 4 is 39.1 Å². The quantitative estimate of drug-likeness (QED) is 0.866. The van der Waals surface area contributed by atoms with E-state index in [4.69, 9.17) is 11.6 Å². The fourth-order valence-corrected chi connectivity index (χ4v) is 1.71. The molecule has 0 spiro atoms. The molecule has 0 saturated carbocycles. The van der Waals surface area contributed by atoms with Crippen molar-refractivity contribution in [1.82, 2.24) is 14.5 Å². The van der Waals surface area contributed by atoms with Crippen molar-refractivity contribution in [1.29, 1.82) is 0 Å². The lowest BCUT2D eigenvalue weighted by Gasteiger charge is -2.05. The number of halogens is 2. The molecule has 0 saturated heterocycles. The van der Waals surface area contributed by atoms with Crippen LogP contribution in [0, 0.1) is 0 Å². The number of nitrogens with one attached hydrogen (secondary N) is 1. The minimum absolute atomic E-state index is 0.249. The summed E-state index contributed by atoms with van der Waals surface area (Å²) in [7, 11) is 1.75. The summed E-state index contributed by atoms with van der Waals surface area (Å²) in [5, 5.41) is 3.05. The van der Waals surface area contributed by atoms with Crippen LogP contribution in [0.3, 0.4) is 0 Å². The SMILES string of the molecule is Cn1cncc1C(=O)Nc1cnc(Cl)c(Br)c1. The summed E-state index contributed by atoms with van der Waals surface area (Å²) in [6, 6.07) is 1.68. The number of pyridine rings is 1. The molecule has 2 aromatic rings. The van der Waals surface area contributed by atoms with Crippen LogP contribution in [-0.2, 0) is 7.05 Å². The lowest BCUT2D eigenvalue weighted by atomic mass is 10.3. The summed E-state index contributed by atoms with van der Waals surface area (Å²) in [4.78, 5) is 19.6. The molecule has 0 aliphatic rings. The number of aromatic nitrogens is 3. The molecule has 17 heavy (non-hydrogen) atoms. The molecule has 0 aromatic carbocycles. The van der Waals surface area contributed by atoms with Crippen LogP contribution in [0.2, 0.25) is 5.15 Å². The number of carbonyl (C=O) groups excluding carboxylic acids is 1. The maximum Gasteiger partial charge on any atom is 0.273 e. The van der Waals surface area contributed by atoms with E-state index >= 15 is 0 Å². The van der Waals surface area contributed by atoms with E-state index < -0.39 is 0 Å². The van der Waals surface area contributed by atoms with Crippen LogP contribution >= 0.6 is 27.5 Å². The Hall–Kier alpha value is -1.40. The average molecular weight is 316 g/mol. The zero-order valence-electron chi connectivity index (χ0n) is 8.82. The number of nitrogens with zero attached hydrogens (tertiary/aromatic N) is 3. The van der Waals surface area contributed by atoms with Gasteiger partial charge in [-0.3, -0.25) is 4.79 Å². The van der Waals surface area contributed by atoms with Crippen molar-refractivity contribution in [3.63, 3.8) is 0 Å². The molecule has 0 aliphatic carbocycles. The van der Waals surface area contributed by atoms with Gasteiger partial charge >= 0.3 is 0 Å². The number of rotatable bonds is 2. The van der Waals surface area contributed by atoms with Gasteiger partial charge in [0.05, 0.1) is 28.9 Å². The maximum absolute atomic E-state index is 11.8. The Morgan fingerprint density at radius 1 is 1.53 bits per heavy atom. The Morgan fingerprint density at radius 2 is 2.29 bits per heavy atom. The normalized spacial score (nSPS) is 10.3. The van der Waals surface area contributed by atoms with E-state index in [-0.39, 0.29) is 5.91 Å². The maximum atomic E-state index is 11.8. The molecule has 88 valence electrons. The highest BCUT2D eigenvalue weighted by molar-refractivity contribution is 9.10. The number of amides is 1. The second-order valence-electron chi connectivity index (χ2n) is 3.34. The summed E-state index contributed by atoms with van der Waals surface area (Å²) in [6.45, 7) is 0. The van der Waals surface area contributed by atoms with Gasteiger partial charge in [-0.25, -0.2) is 9.97 Å². The van der Waals surface area contributed by atoms with E-state index in [0.717, 1.165) is 0 Å². The van der Waals surface area contributed by atoms with Gasteiger partial charge in [-0.1, -0.05) is 11.6 Å². The van der Waals surface area contributed by atoms with Gasteiger partial charge in [0.1, 0.15) is 10.8 Å². The molecular weight excluding hydrogens is 307 g/mol. The number of aryl methyl sites for hydroxylation is 1. The van der Waals surface area contributed by atoms with E-state index in [9.17, 15) is 4.79 Å². The number of anilines is 1. The van der Waals surface area contributed by atoms with Gasteiger partial charge in [-0.15, -0.1) is 0 Å². The topological polar surface area (TPSA) is 59.8 Å². The predicted molar refractivity (Wildman–Crippen MR) is 68.1 cm³/mol. The minimum atomic E-state index is -0.249. The van der Waals surface area contributed by atoms with Gasteiger partial charge in [-0.05, 0) is 22.0 Å². The number of hydrogen-bond donors (Lipinski definition) is 1. The second-order valence-corrected chi connectivity index (χ2v) is 4.55. The van der Waals surface area contributed by atoms with Gasteiger partial charge in [0, 0.05) is 7.05 Å². The van der Waals surface area contributed by atoms with Gasteiger partial charge in [0.2, 0.25) is 0 Å². The largest absolute Gasteiger partial charge is 0.330 e. The summed E-state index contributed by atoms with van der Waals surface area (Å²) >= 11 is 8.99. The highest BCUT2D eigenvalue weighted by Crippen LogP contribution is 2.23. The Labute approximate surface area is 111 Å². The first kappa shape index (κ1) is 12.1. The third-order valence-corrected chi connectivity index (χ3v) is 3.24. The Kier molecular flexibility index (Phi) is 3.44. The lowest BCUT2D eigenvalue weighted by molar-refractivity contribution is 0.101. The molecule has 2 aromatic heterocycles. The zero-order chi connectivity index (χ0) is 12.4.